The van der Waals surface area contributed by atoms with Gasteiger partial charge in [0.2, 0.25) is 5.89 Å². The zero-order chi connectivity index (χ0) is 14.6. The van der Waals surface area contributed by atoms with Gasteiger partial charge in [-0.1, -0.05) is 56.0 Å². The van der Waals surface area contributed by atoms with Crippen LogP contribution in [0, 0.1) is 0 Å². The Balaban J connectivity index is 1.85. The van der Waals surface area contributed by atoms with Crippen LogP contribution >= 0.6 is 0 Å². The quantitative estimate of drug-likeness (QED) is 0.830. The maximum Gasteiger partial charge on any atom is 0.208 e. The van der Waals surface area contributed by atoms with Gasteiger partial charge in [0.15, 0.2) is 0 Å². The molecule has 0 fully saturated rings. The van der Waals surface area contributed by atoms with E-state index in [0.717, 1.165) is 24.6 Å². The lowest BCUT2D eigenvalue weighted by molar-refractivity contribution is 0.439. The molecule has 4 heteroatoms. The van der Waals surface area contributed by atoms with E-state index in [4.69, 9.17) is 4.42 Å². The molecule has 0 aliphatic rings. The highest BCUT2D eigenvalue weighted by molar-refractivity contribution is 6.88. The van der Waals surface area contributed by atoms with Crippen LogP contribution < -0.4 is 10.5 Å². The van der Waals surface area contributed by atoms with Crippen LogP contribution in [0.5, 0.6) is 0 Å². The zero-order valence-electron chi connectivity index (χ0n) is 12.9. The van der Waals surface area contributed by atoms with Gasteiger partial charge in [-0.05, 0) is 5.56 Å². The summed E-state index contributed by atoms with van der Waals surface area (Å²) >= 11 is 0. The highest BCUT2D eigenvalue weighted by atomic mass is 28.3. The Bertz CT molecular complexity index is 540. The van der Waals surface area contributed by atoms with Crippen LogP contribution in [-0.2, 0) is 19.5 Å². The second-order valence-corrected chi connectivity index (χ2v) is 11.2. The third-order valence-electron chi connectivity index (χ3n) is 3.38. The van der Waals surface area contributed by atoms with Crippen molar-refractivity contribution in [2.24, 2.45) is 0 Å². The predicted octanol–water partition coefficient (Wildman–Crippen LogP) is 3.07. The maximum absolute atomic E-state index is 5.57. The Morgan fingerprint density at radius 1 is 1.10 bits per heavy atom. The third kappa shape index (κ3) is 4.05. The van der Waals surface area contributed by atoms with Gasteiger partial charge in [-0.25, -0.2) is 4.98 Å². The van der Waals surface area contributed by atoms with Gasteiger partial charge in [0.05, 0.1) is 20.8 Å². The fourth-order valence-corrected chi connectivity index (χ4v) is 3.20. The molecule has 0 bridgehead atoms. The minimum atomic E-state index is -1.19. The molecule has 2 aromatic rings. The summed E-state index contributed by atoms with van der Waals surface area (Å²) < 4.78 is 5.57. The first-order valence-corrected chi connectivity index (χ1v) is 10.7. The lowest BCUT2D eigenvalue weighted by Gasteiger charge is -2.16. The van der Waals surface area contributed by atoms with Crippen molar-refractivity contribution in [2.45, 2.75) is 46.1 Å². The van der Waals surface area contributed by atoms with Crippen molar-refractivity contribution < 1.29 is 4.42 Å². The van der Waals surface area contributed by atoms with E-state index in [-0.39, 0.29) is 0 Å². The molecule has 1 heterocycles. The minimum Gasteiger partial charge on any atom is -0.444 e. The van der Waals surface area contributed by atoms with E-state index in [2.05, 4.69) is 61.1 Å². The Morgan fingerprint density at radius 3 is 2.35 bits per heavy atom. The first-order chi connectivity index (χ1) is 9.49. The molecule has 108 valence electrons. The maximum atomic E-state index is 5.57. The van der Waals surface area contributed by atoms with Crippen LogP contribution in [0.3, 0.4) is 0 Å². The zero-order valence-corrected chi connectivity index (χ0v) is 13.9. The summed E-state index contributed by atoms with van der Waals surface area (Å²) in [7, 11) is -1.19. The highest BCUT2D eigenvalue weighted by Crippen LogP contribution is 2.06. The molecule has 0 aliphatic carbocycles. The average Bonchev–Trinajstić information content (AvgIpc) is 2.86. The SMILES string of the molecule is CCc1cnc(CNCc2ccc([Si](C)(C)C)cc2)o1. The number of hydrogen-bond acceptors (Lipinski definition) is 3. The van der Waals surface area contributed by atoms with Crippen LogP contribution in [-0.4, -0.2) is 13.1 Å². The van der Waals surface area contributed by atoms with Crippen molar-refractivity contribution >= 4 is 13.3 Å². The lowest BCUT2D eigenvalue weighted by Crippen LogP contribution is -2.37. The molecular formula is C16H24N2OSi. The van der Waals surface area contributed by atoms with Gasteiger partial charge in [-0.2, -0.15) is 0 Å². The van der Waals surface area contributed by atoms with E-state index >= 15 is 0 Å². The van der Waals surface area contributed by atoms with Crippen LogP contribution in [0.25, 0.3) is 0 Å². The lowest BCUT2D eigenvalue weighted by atomic mass is 10.2. The molecule has 3 nitrogen and oxygen atoms in total. The Kier molecular flexibility index (Phi) is 4.78. The topological polar surface area (TPSA) is 38.1 Å². The summed E-state index contributed by atoms with van der Waals surface area (Å²) in [4.78, 5) is 4.24. The summed E-state index contributed by atoms with van der Waals surface area (Å²) in [5.41, 5.74) is 1.30. The number of hydrogen-bond donors (Lipinski definition) is 1. The van der Waals surface area contributed by atoms with E-state index in [1.165, 1.54) is 10.8 Å². The number of aryl methyl sites for hydroxylation is 1. The molecular weight excluding hydrogens is 264 g/mol. The smallest absolute Gasteiger partial charge is 0.208 e. The van der Waals surface area contributed by atoms with Crippen LogP contribution in [0.15, 0.2) is 34.9 Å². The first-order valence-electron chi connectivity index (χ1n) is 7.22. The van der Waals surface area contributed by atoms with E-state index in [9.17, 15) is 0 Å². The Morgan fingerprint density at radius 2 is 1.80 bits per heavy atom. The number of oxazole rings is 1. The van der Waals surface area contributed by atoms with Crippen molar-refractivity contribution in [3.63, 3.8) is 0 Å². The summed E-state index contributed by atoms with van der Waals surface area (Å²) in [6.07, 6.45) is 2.70. The number of benzene rings is 1. The molecule has 0 aliphatic heterocycles. The molecule has 1 aromatic carbocycles. The molecule has 0 radical (unpaired) electrons. The van der Waals surface area contributed by atoms with Crippen molar-refractivity contribution in [3.8, 4) is 0 Å². The van der Waals surface area contributed by atoms with Gasteiger partial charge < -0.3 is 9.73 Å². The Hall–Kier alpha value is -1.39. The van der Waals surface area contributed by atoms with Crippen molar-refractivity contribution in [1.82, 2.24) is 10.3 Å². The summed E-state index contributed by atoms with van der Waals surface area (Å²) in [5, 5.41) is 4.87. The van der Waals surface area contributed by atoms with Gasteiger partial charge >= 0.3 is 0 Å². The average molecular weight is 288 g/mol. The number of nitrogens with one attached hydrogen (secondary N) is 1. The molecule has 0 unspecified atom stereocenters. The van der Waals surface area contributed by atoms with E-state index in [0.29, 0.717) is 6.54 Å². The van der Waals surface area contributed by atoms with Crippen LogP contribution in [0.2, 0.25) is 19.6 Å². The molecule has 2 rings (SSSR count). The van der Waals surface area contributed by atoms with Crippen molar-refractivity contribution in [3.05, 3.63) is 47.7 Å². The predicted molar refractivity (Wildman–Crippen MR) is 85.8 cm³/mol. The first kappa shape index (κ1) is 15.0. The second-order valence-electron chi connectivity index (χ2n) is 6.12. The molecule has 0 saturated heterocycles. The van der Waals surface area contributed by atoms with Crippen LogP contribution in [0.4, 0.5) is 0 Å². The van der Waals surface area contributed by atoms with Gasteiger partial charge in [-0.15, -0.1) is 0 Å². The Labute approximate surface area is 122 Å². The molecule has 0 spiro atoms. The van der Waals surface area contributed by atoms with E-state index < -0.39 is 8.07 Å². The van der Waals surface area contributed by atoms with Gasteiger partial charge in [0, 0.05) is 13.0 Å². The molecule has 1 aromatic heterocycles. The van der Waals surface area contributed by atoms with Crippen molar-refractivity contribution in [1.29, 1.82) is 0 Å². The van der Waals surface area contributed by atoms with Gasteiger partial charge in [0.25, 0.3) is 0 Å². The molecule has 20 heavy (non-hydrogen) atoms. The monoisotopic (exact) mass is 288 g/mol. The number of aromatic nitrogens is 1. The normalized spacial score (nSPS) is 11.8. The largest absolute Gasteiger partial charge is 0.444 e. The number of rotatable bonds is 6. The summed E-state index contributed by atoms with van der Waals surface area (Å²) in [6.45, 7) is 10.7. The standard InChI is InChI=1S/C16H24N2OSi/c1-5-14-11-18-16(19-14)12-17-10-13-6-8-15(9-7-13)20(2,3)4/h6-9,11,17H,5,10,12H2,1-4H3. The van der Waals surface area contributed by atoms with E-state index in [1.54, 1.807) is 6.20 Å². The molecule has 0 atom stereocenters. The highest BCUT2D eigenvalue weighted by Gasteiger charge is 2.15. The third-order valence-corrected chi connectivity index (χ3v) is 5.44. The van der Waals surface area contributed by atoms with Crippen LogP contribution in [0.1, 0.15) is 24.1 Å². The molecule has 0 amide bonds. The number of nitrogens with zero attached hydrogens (tertiary/aromatic N) is 1. The van der Waals surface area contributed by atoms with Gasteiger partial charge in [-0.3, -0.25) is 0 Å². The van der Waals surface area contributed by atoms with E-state index in [1.807, 2.05) is 0 Å². The van der Waals surface area contributed by atoms with Crippen molar-refractivity contribution in [2.75, 3.05) is 0 Å². The van der Waals surface area contributed by atoms with Gasteiger partial charge in [0.1, 0.15) is 5.76 Å². The summed E-state index contributed by atoms with van der Waals surface area (Å²) in [6, 6.07) is 8.97. The fourth-order valence-electron chi connectivity index (χ4n) is 2.03. The molecule has 1 N–H and O–H groups in total. The molecule has 0 saturated carbocycles. The minimum absolute atomic E-state index is 0.676. The summed E-state index contributed by atoms with van der Waals surface area (Å²) in [5.74, 6) is 1.71. The second kappa shape index (κ2) is 6.37. The fraction of sp³-hybridized carbons (Fsp3) is 0.438.